The molecule has 0 spiro atoms. The summed E-state index contributed by atoms with van der Waals surface area (Å²) in [5, 5.41) is 4.31. The lowest BCUT2D eigenvalue weighted by Crippen LogP contribution is -2.12. The number of nitrogens with zero attached hydrogens (tertiary/aromatic N) is 1. The number of halogens is 1. The van der Waals surface area contributed by atoms with Gasteiger partial charge in [-0.1, -0.05) is 0 Å². The molecule has 118 valence electrons. The van der Waals surface area contributed by atoms with Gasteiger partial charge in [-0.05, 0) is 31.0 Å². The van der Waals surface area contributed by atoms with E-state index >= 15 is 0 Å². The van der Waals surface area contributed by atoms with Gasteiger partial charge in [0.15, 0.2) is 0 Å². The van der Waals surface area contributed by atoms with Crippen molar-refractivity contribution in [3.8, 4) is 0 Å². The largest absolute Gasteiger partial charge is 0.384 e. The van der Waals surface area contributed by atoms with Crippen LogP contribution in [0.5, 0.6) is 0 Å². The highest BCUT2D eigenvalue weighted by atomic mass is 19.1. The molecule has 0 radical (unpaired) electrons. The molecule has 5 heteroatoms. The average Bonchev–Trinajstić information content (AvgIpc) is 3.03. The second kappa shape index (κ2) is 7.51. The van der Waals surface area contributed by atoms with Gasteiger partial charge in [0.1, 0.15) is 5.82 Å². The van der Waals surface area contributed by atoms with Gasteiger partial charge < -0.3 is 14.8 Å². The number of pyridine rings is 1. The molecule has 1 unspecified atom stereocenters. The van der Waals surface area contributed by atoms with Gasteiger partial charge in [0.05, 0.1) is 18.7 Å². The molecule has 1 N–H and O–H groups in total. The van der Waals surface area contributed by atoms with E-state index in [1.807, 2.05) is 6.07 Å². The van der Waals surface area contributed by atoms with E-state index in [1.54, 1.807) is 12.3 Å². The normalized spacial score (nSPS) is 18.0. The van der Waals surface area contributed by atoms with Crippen LogP contribution in [0.3, 0.4) is 0 Å². The third kappa shape index (κ3) is 3.93. The molecule has 1 aliphatic rings. The van der Waals surface area contributed by atoms with Crippen LogP contribution in [-0.2, 0) is 9.47 Å². The van der Waals surface area contributed by atoms with Gasteiger partial charge in [0.2, 0.25) is 0 Å². The summed E-state index contributed by atoms with van der Waals surface area (Å²) < 4.78 is 24.2. The summed E-state index contributed by atoms with van der Waals surface area (Å²) in [6.07, 6.45) is 3.73. The van der Waals surface area contributed by atoms with Crippen molar-refractivity contribution >= 4 is 16.6 Å². The molecule has 0 saturated carbocycles. The van der Waals surface area contributed by atoms with Crippen LogP contribution in [0.25, 0.3) is 10.9 Å². The first-order chi connectivity index (χ1) is 10.8. The van der Waals surface area contributed by atoms with E-state index in [1.165, 1.54) is 12.1 Å². The Labute approximate surface area is 129 Å². The molecule has 4 nitrogen and oxygen atoms in total. The first kappa shape index (κ1) is 15.2. The van der Waals surface area contributed by atoms with Crippen molar-refractivity contribution in [1.29, 1.82) is 0 Å². The highest BCUT2D eigenvalue weighted by Gasteiger charge is 2.15. The maximum absolute atomic E-state index is 13.2. The quantitative estimate of drug-likeness (QED) is 0.798. The van der Waals surface area contributed by atoms with Crippen molar-refractivity contribution in [3.63, 3.8) is 0 Å². The fourth-order valence-electron chi connectivity index (χ4n) is 2.64. The molecule has 22 heavy (non-hydrogen) atoms. The Balaban J connectivity index is 1.43. The summed E-state index contributed by atoms with van der Waals surface area (Å²) in [7, 11) is 0. The van der Waals surface area contributed by atoms with Crippen LogP contribution in [0.15, 0.2) is 30.5 Å². The number of ether oxygens (including phenoxy) is 2. The topological polar surface area (TPSA) is 43.4 Å². The highest BCUT2D eigenvalue weighted by molar-refractivity contribution is 5.90. The van der Waals surface area contributed by atoms with E-state index in [0.717, 1.165) is 56.9 Å². The van der Waals surface area contributed by atoms with Gasteiger partial charge in [-0.15, -0.1) is 0 Å². The van der Waals surface area contributed by atoms with E-state index < -0.39 is 0 Å². The third-order valence-corrected chi connectivity index (χ3v) is 3.86. The number of hydrogen-bond donors (Lipinski definition) is 1. The Morgan fingerprint density at radius 3 is 3.18 bits per heavy atom. The number of benzene rings is 1. The molecule has 2 heterocycles. The average molecular weight is 304 g/mol. The molecule has 3 rings (SSSR count). The number of fused-ring (bicyclic) bond motifs is 1. The van der Waals surface area contributed by atoms with Crippen LogP contribution in [0.1, 0.15) is 12.8 Å². The monoisotopic (exact) mass is 304 g/mol. The molecular weight excluding hydrogens is 283 g/mol. The van der Waals surface area contributed by atoms with Crippen LogP contribution in [0.4, 0.5) is 10.1 Å². The molecular formula is C17H21FN2O2. The van der Waals surface area contributed by atoms with Gasteiger partial charge in [0, 0.05) is 49.0 Å². The molecule has 1 aromatic heterocycles. The molecule has 0 bridgehead atoms. The fourth-order valence-corrected chi connectivity index (χ4v) is 2.64. The Bertz CT molecular complexity index is 615. The van der Waals surface area contributed by atoms with Gasteiger partial charge in [-0.25, -0.2) is 4.39 Å². The van der Waals surface area contributed by atoms with E-state index in [9.17, 15) is 4.39 Å². The van der Waals surface area contributed by atoms with Crippen LogP contribution in [0, 0.1) is 11.7 Å². The fraction of sp³-hybridized carbons (Fsp3) is 0.471. The molecule has 0 amide bonds. The zero-order chi connectivity index (χ0) is 15.2. The van der Waals surface area contributed by atoms with Crippen LogP contribution in [-0.4, -0.2) is 38.0 Å². The maximum Gasteiger partial charge on any atom is 0.125 e. The van der Waals surface area contributed by atoms with Gasteiger partial charge in [-0.2, -0.15) is 0 Å². The number of hydrogen-bond acceptors (Lipinski definition) is 4. The Morgan fingerprint density at radius 2 is 2.32 bits per heavy atom. The lowest BCUT2D eigenvalue weighted by atomic mass is 10.1. The minimum atomic E-state index is -0.263. The van der Waals surface area contributed by atoms with Gasteiger partial charge >= 0.3 is 0 Å². The first-order valence-corrected chi connectivity index (χ1v) is 7.76. The minimum Gasteiger partial charge on any atom is -0.384 e. The summed E-state index contributed by atoms with van der Waals surface area (Å²) >= 11 is 0. The number of anilines is 1. The summed E-state index contributed by atoms with van der Waals surface area (Å²) in [6, 6.07) is 6.59. The van der Waals surface area contributed by atoms with Gasteiger partial charge in [-0.3, -0.25) is 4.98 Å². The minimum absolute atomic E-state index is 0.263. The Morgan fingerprint density at radius 1 is 1.36 bits per heavy atom. The zero-order valence-corrected chi connectivity index (χ0v) is 12.6. The van der Waals surface area contributed by atoms with Crippen molar-refractivity contribution in [3.05, 3.63) is 36.3 Å². The molecule has 2 aromatic rings. The Kier molecular flexibility index (Phi) is 5.19. The zero-order valence-electron chi connectivity index (χ0n) is 12.6. The molecule has 1 aliphatic heterocycles. The van der Waals surface area contributed by atoms with Crippen LogP contribution in [0.2, 0.25) is 0 Å². The van der Waals surface area contributed by atoms with Crippen molar-refractivity contribution < 1.29 is 13.9 Å². The molecule has 1 aromatic carbocycles. The molecule has 0 aliphatic carbocycles. The smallest absolute Gasteiger partial charge is 0.125 e. The van der Waals surface area contributed by atoms with Gasteiger partial charge in [0.25, 0.3) is 0 Å². The maximum atomic E-state index is 13.2. The van der Waals surface area contributed by atoms with Crippen molar-refractivity contribution in [1.82, 2.24) is 4.98 Å². The van der Waals surface area contributed by atoms with E-state index in [0.29, 0.717) is 11.4 Å². The molecule has 1 saturated heterocycles. The Hall–Kier alpha value is -1.72. The van der Waals surface area contributed by atoms with Crippen LogP contribution < -0.4 is 5.32 Å². The number of rotatable bonds is 7. The summed E-state index contributed by atoms with van der Waals surface area (Å²) in [5.41, 5.74) is 1.65. The van der Waals surface area contributed by atoms with Crippen molar-refractivity contribution in [2.75, 3.05) is 38.3 Å². The predicted molar refractivity (Wildman–Crippen MR) is 84.6 cm³/mol. The summed E-state index contributed by atoms with van der Waals surface area (Å²) in [6.45, 7) is 4.04. The SMILES string of the molecule is Fc1ccc2c(NCCCOCC3CCOC3)ccnc2c1. The molecule has 1 atom stereocenters. The molecule has 1 fully saturated rings. The highest BCUT2D eigenvalue weighted by Crippen LogP contribution is 2.22. The van der Waals surface area contributed by atoms with E-state index in [-0.39, 0.29) is 5.82 Å². The number of nitrogens with one attached hydrogen (secondary N) is 1. The van der Waals surface area contributed by atoms with Crippen molar-refractivity contribution in [2.24, 2.45) is 5.92 Å². The number of aromatic nitrogens is 1. The summed E-state index contributed by atoms with van der Waals surface area (Å²) in [5.74, 6) is 0.299. The van der Waals surface area contributed by atoms with Crippen molar-refractivity contribution in [2.45, 2.75) is 12.8 Å². The standard InChI is InChI=1S/C17H21FN2O2/c18-14-2-3-15-16(4-7-20-17(15)10-14)19-6-1-8-21-11-13-5-9-22-12-13/h2-4,7,10,13H,1,5-6,8-9,11-12H2,(H,19,20). The predicted octanol–water partition coefficient (Wildman–Crippen LogP) is 3.23. The third-order valence-electron chi connectivity index (χ3n) is 3.86. The lowest BCUT2D eigenvalue weighted by Gasteiger charge is -2.11. The van der Waals surface area contributed by atoms with E-state index in [2.05, 4.69) is 10.3 Å². The first-order valence-electron chi connectivity index (χ1n) is 7.76. The second-order valence-electron chi connectivity index (χ2n) is 5.60. The lowest BCUT2D eigenvalue weighted by molar-refractivity contribution is 0.0897. The van der Waals surface area contributed by atoms with Crippen LogP contribution >= 0.6 is 0 Å². The van der Waals surface area contributed by atoms with E-state index in [4.69, 9.17) is 9.47 Å². The second-order valence-corrected chi connectivity index (χ2v) is 5.60. The summed E-state index contributed by atoms with van der Waals surface area (Å²) in [4.78, 5) is 4.19.